The van der Waals surface area contributed by atoms with E-state index in [1.165, 1.54) is 51.1 Å². The van der Waals surface area contributed by atoms with Gasteiger partial charge in [0.25, 0.3) is 5.56 Å². The van der Waals surface area contributed by atoms with Crippen molar-refractivity contribution in [3.63, 3.8) is 0 Å². The molecular weight excluding hydrogens is 623 g/mol. The molecule has 3 atom stereocenters. The van der Waals surface area contributed by atoms with Gasteiger partial charge in [-0.1, -0.05) is 30.7 Å². The molecule has 1 aliphatic carbocycles. The fourth-order valence-corrected chi connectivity index (χ4v) is 6.65. The van der Waals surface area contributed by atoms with Gasteiger partial charge in [-0.2, -0.15) is 0 Å². The molecule has 0 saturated heterocycles. The van der Waals surface area contributed by atoms with Crippen molar-refractivity contribution in [2.24, 2.45) is 20.0 Å². The molecule has 3 unspecified atom stereocenters. The van der Waals surface area contributed by atoms with E-state index < -0.39 is 52.4 Å². The van der Waals surface area contributed by atoms with Crippen LogP contribution in [0.1, 0.15) is 40.7 Å². The predicted molar refractivity (Wildman–Crippen MR) is 154 cm³/mol. The minimum atomic E-state index is -4.95. The molecule has 2 aromatic carbocycles. The van der Waals surface area contributed by atoms with Crippen LogP contribution in [0.4, 0.5) is 19.0 Å². The van der Waals surface area contributed by atoms with Gasteiger partial charge in [0, 0.05) is 43.3 Å². The Labute approximate surface area is 257 Å². The molecular formula is C30H25ClF3N3O8. The first kappa shape index (κ1) is 30.3. The number of nitrogens with one attached hydrogen (secondary N) is 1. The summed E-state index contributed by atoms with van der Waals surface area (Å²) in [5, 5.41) is 3.02. The molecule has 3 aliphatic rings. The van der Waals surface area contributed by atoms with Crippen LogP contribution in [0.2, 0.25) is 5.02 Å². The Morgan fingerprint density at radius 2 is 1.64 bits per heavy atom. The van der Waals surface area contributed by atoms with E-state index in [0.29, 0.717) is 5.70 Å². The number of alkyl halides is 3. The van der Waals surface area contributed by atoms with Gasteiger partial charge >= 0.3 is 12.1 Å². The molecule has 236 valence electrons. The second-order valence-electron chi connectivity index (χ2n) is 10.9. The van der Waals surface area contributed by atoms with Gasteiger partial charge in [0.05, 0.1) is 19.8 Å². The molecule has 1 spiro atoms. The van der Waals surface area contributed by atoms with Crippen molar-refractivity contribution in [3.05, 3.63) is 84.2 Å². The number of anilines is 1. The fourth-order valence-electron chi connectivity index (χ4n) is 6.38. The molecule has 45 heavy (non-hydrogen) atoms. The van der Waals surface area contributed by atoms with E-state index in [4.69, 9.17) is 25.8 Å². The van der Waals surface area contributed by atoms with Crippen LogP contribution >= 0.6 is 11.6 Å². The maximum Gasteiger partial charge on any atom is 0.573 e. The Balaban J connectivity index is 1.58. The third-order valence-electron chi connectivity index (χ3n) is 8.52. The summed E-state index contributed by atoms with van der Waals surface area (Å²) in [4.78, 5) is 55.7. The van der Waals surface area contributed by atoms with E-state index in [-0.39, 0.29) is 56.8 Å². The van der Waals surface area contributed by atoms with E-state index >= 15 is 0 Å². The molecule has 2 aliphatic heterocycles. The lowest BCUT2D eigenvalue weighted by Gasteiger charge is -2.42. The minimum absolute atomic E-state index is 0.0240. The van der Waals surface area contributed by atoms with E-state index in [9.17, 15) is 32.3 Å². The van der Waals surface area contributed by atoms with Gasteiger partial charge < -0.3 is 24.3 Å². The molecule has 0 saturated carbocycles. The molecule has 6 rings (SSSR count). The Kier molecular flexibility index (Phi) is 6.84. The molecule has 0 radical (unpaired) electrons. The zero-order valence-electron chi connectivity index (χ0n) is 24.4. The van der Waals surface area contributed by atoms with Crippen molar-refractivity contribution >= 4 is 29.0 Å². The molecule has 1 aromatic heterocycles. The Morgan fingerprint density at radius 3 is 2.24 bits per heavy atom. The van der Waals surface area contributed by atoms with Gasteiger partial charge in [-0.25, -0.2) is 4.79 Å². The number of carbonyl (C=O) groups excluding carboxylic acids is 2. The quantitative estimate of drug-likeness (QED) is 0.417. The standard InChI is InChI=1S/C30H25ClF3N3O8/c1-12-10-15-19(24(38)29(12)25(39)20-16(42-4)11-17(43-5)22(31)23(20)45-29)18(13-6-8-14(9-7-13)44-30(32,33)34)21-26(35-15)36(2)28(41)37(3)27(21)40/h6-9,11-12,18,35H,10H2,1-5H3. The number of ether oxygens (including phenoxy) is 4. The van der Waals surface area contributed by atoms with Gasteiger partial charge in [0.15, 0.2) is 5.75 Å². The highest BCUT2D eigenvalue weighted by Crippen LogP contribution is 2.56. The first-order valence-electron chi connectivity index (χ1n) is 13.5. The van der Waals surface area contributed by atoms with Crippen LogP contribution < -0.4 is 35.5 Å². The molecule has 3 heterocycles. The summed E-state index contributed by atoms with van der Waals surface area (Å²) in [6.07, 6.45) is -4.90. The third-order valence-corrected chi connectivity index (χ3v) is 8.88. The largest absolute Gasteiger partial charge is 0.573 e. The smallest absolute Gasteiger partial charge is 0.496 e. The first-order chi connectivity index (χ1) is 21.2. The summed E-state index contributed by atoms with van der Waals surface area (Å²) in [5.74, 6) is -3.82. The number of hydrogen-bond donors (Lipinski definition) is 1. The van der Waals surface area contributed by atoms with Crippen LogP contribution in [0.15, 0.2) is 51.2 Å². The average molecular weight is 648 g/mol. The van der Waals surface area contributed by atoms with Crippen LogP contribution in [0.25, 0.3) is 0 Å². The number of ketones is 2. The Hall–Kier alpha value is -4.72. The van der Waals surface area contributed by atoms with Crippen LogP contribution in [-0.2, 0) is 18.9 Å². The lowest BCUT2D eigenvalue weighted by molar-refractivity contribution is -0.274. The molecule has 0 fully saturated rings. The Morgan fingerprint density at radius 1 is 1.00 bits per heavy atom. The molecule has 3 aromatic rings. The number of halogens is 4. The summed E-state index contributed by atoms with van der Waals surface area (Å²) in [6, 6.07) is 6.07. The summed E-state index contributed by atoms with van der Waals surface area (Å²) in [5.41, 5.74) is -3.08. The first-order valence-corrected chi connectivity index (χ1v) is 13.9. The lowest BCUT2D eigenvalue weighted by Crippen LogP contribution is -2.58. The highest BCUT2D eigenvalue weighted by molar-refractivity contribution is 6.36. The predicted octanol–water partition coefficient (Wildman–Crippen LogP) is 4.09. The molecule has 11 nitrogen and oxygen atoms in total. The van der Waals surface area contributed by atoms with Gasteiger partial charge in [-0.15, -0.1) is 13.2 Å². The molecule has 0 bridgehead atoms. The number of benzene rings is 2. The van der Waals surface area contributed by atoms with E-state index in [0.717, 1.165) is 16.7 Å². The Bertz CT molecular complexity index is 1970. The number of fused-ring (bicyclic) bond motifs is 2. The SMILES string of the molecule is COc1cc(OC)c2c(c1Cl)OC1(C(=O)C3=C(CC1C)Nc1c(c(=O)n(C)c(=O)n1C)C3c1ccc(OC(F)(F)F)cc1)C2=O. The van der Waals surface area contributed by atoms with Crippen LogP contribution in [0, 0.1) is 5.92 Å². The maximum absolute atomic E-state index is 14.8. The number of rotatable bonds is 4. The number of methoxy groups -OCH3 is 2. The van der Waals surface area contributed by atoms with Crippen molar-refractivity contribution in [1.29, 1.82) is 0 Å². The number of nitrogens with zero attached hydrogens (tertiary/aromatic N) is 2. The van der Waals surface area contributed by atoms with Crippen LogP contribution in [0.3, 0.4) is 0 Å². The summed E-state index contributed by atoms with van der Waals surface area (Å²) >= 11 is 6.54. The topological polar surface area (TPSA) is 127 Å². The van der Waals surface area contributed by atoms with Gasteiger partial charge in [-0.3, -0.25) is 23.5 Å². The molecule has 15 heteroatoms. The monoisotopic (exact) mass is 647 g/mol. The normalized spacial score (nSPS) is 22.0. The van der Waals surface area contributed by atoms with Gasteiger partial charge in [-0.05, 0) is 24.1 Å². The molecule has 0 amide bonds. The van der Waals surface area contributed by atoms with Crippen molar-refractivity contribution in [3.8, 4) is 23.0 Å². The zero-order chi connectivity index (χ0) is 32.7. The van der Waals surface area contributed by atoms with Crippen LogP contribution in [0.5, 0.6) is 23.0 Å². The van der Waals surface area contributed by atoms with E-state index in [2.05, 4.69) is 10.1 Å². The van der Waals surface area contributed by atoms with E-state index in [1.807, 2.05) is 0 Å². The second-order valence-corrected chi connectivity index (χ2v) is 11.3. The lowest BCUT2D eigenvalue weighted by atomic mass is 9.66. The average Bonchev–Trinajstić information content (AvgIpc) is 3.31. The number of allylic oxidation sites excluding steroid dienone is 1. The third kappa shape index (κ3) is 4.25. The number of carbonyl (C=O) groups is 2. The fraction of sp³-hybridized carbons (Fsp3) is 0.333. The highest BCUT2D eigenvalue weighted by Gasteiger charge is 2.63. The van der Waals surface area contributed by atoms with Crippen molar-refractivity contribution in [1.82, 2.24) is 9.13 Å². The zero-order valence-corrected chi connectivity index (χ0v) is 25.2. The van der Waals surface area contributed by atoms with Crippen LogP contribution in [-0.4, -0.2) is 46.9 Å². The number of Topliss-reactive ketones (excluding diaryl/α,β-unsaturated/α-hetero) is 2. The second kappa shape index (κ2) is 10.2. The van der Waals surface area contributed by atoms with E-state index in [1.54, 1.807) is 6.92 Å². The van der Waals surface area contributed by atoms with Gasteiger partial charge in [0.1, 0.15) is 33.7 Å². The number of hydrogen-bond acceptors (Lipinski definition) is 9. The minimum Gasteiger partial charge on any atom is -0.496 e. The summed E-state index contributed by atoms with van der Waals surface area (Å²) < 4.78 is 61.8. The summed E-state index contributed by atoms with van der Waals surface area (Å²) in [7, 11) is 5.40. The van der Waals surface area contributed by atoms with Crippen molar-refractivity contribution < 1.29 is 41.7 Å². The van der Waals surface area contributed by atoms with Crippen molar-refractivity contribution in [2.45, 2.75) is 31.2 Å². The highest BCUT2D eigenvalue weighted by atomic mass is 35.5. The maximum atomic E-state index is 14.8. The molecule has 1 N–H and O–H groups in total. The number of aromatic nitrogens is 2. The summed E-state index contributed by atoms with van der Waals surface area (Å²) in [6.45, 7) is 1.64. The van der Waals surface area contributed by atoms with Gasteiger partial charge in [0.2, 0.25) is 17.2 Å². The van der Waals surface area contributed by atoms with Crippen molar-refractivity contribution in [2.75, 3.05) is 19.5 Å².